The Morgan fingerprint density at radius 2 is 1.57 bits per heavy atom. The molecule has 1 aromatic heterocycles. The largest absolute Gasteiger partial charge is 0.290 e. The van der Waals surface area contributed by atoms with E-state index in [0.29, 0.717) is 5.28 Å². The summed E-state index contributed by atoms with van der Waals surface area (Å²) >= 11 is 6.31. The molecule has 0 spiro atoms. The lowest BCUT2D eigenvalue weighted by Gasteiger charge is -2.20. The summed E-state index contributed by atoms with van der Waals surface area (Å²) in [5.74, 6) is 0.802. The van der Waals surface area contributed by atoms with Crippen LogP contribution in [0.25, 0.3) is 11.4 Å². The minimum Gasteiger partial charge on any atom is -0.290 e. The lowest BCUT2D eigenvalue weighted by Crippen LogP contribution is -2.11. The van der Waals surface area contributed by atoms with Crippen molar-refractivity contribution in [3.63, 3.8) is 0 Å². The Morgan fingerprint density at radius 1 is 0.952 bits per heavy atom. The molecule has 106 valence electrons. The predicted octanol–water partition coefficient (Wildman–Crippen LogP) is 4.60. The Balaban J connectivity index is 2.12. The second kappa shape index (κ2) is 6.10. The van der Waals surface area contributed by atoms with Gasteiger partial charge in [-0.1, -0.05) is 67.6 Å². The van der Waals surface area contributed by atoms with E-state index < -0.39 is 0 Å². The van der Waals surface area contributed by atoms with E-state index in [9.17, 15) is 0 Å². The zero-order valence-corrected chi connectivity index (χ0v) is 12.5. The molecule has 0 fully saturated rings. The van der Waals surface area contributed by atoms with Gasteiger partial charge in [0.2, 0.25) is 5.28 Å². The molecule has 0 aliphatic carbocycles. The van der Waals surface area contributed by atoms with Crippen molar-refractivity contribution in [3.8, 4) is 11.4 Å². The van der Waals surface area contributed by atoms with Crippen molar-refractivity contribution in [1.29, 1.82) is 0 Å². The number of benzene rings is 2. The van der Waals surface area contributed by atoms with Gasteiger partial charge < -0.3 is 0 Å². The van der Waals surface area contributed by atoms with E-state index in [4.69, 9.17) is 11.6 Å². The van der Waals surface area contributed by atoms with Gasteiger partial charge in [-0.2, -0.15) is 0 Å². The minimum atomic E-state index is 0.129. The lowest BCUT2D eigenvalue weighted by molar-refractivity contribution is 0.571. The van der Waals surface area contributed by atoms with Crippen LogP contribution >= 0.6 is 11.6 Å². The fourth-order valence-electron chi connectivity index (χ4n) is 2.58. The van der Waals surface area contributed by atoms with Gasteiger partial charge in [0.05, 0.1) is 6.04 Å². The SMILES string of the molecule is CCC(c1ccccc1)n1c(Cl)nnc1-c1ccccc1. The van der Waals surface area contributed by atoms with Crippen LogP contribution in [0.1, 0.15) is 24.9 Å². The maximum absolute atomic E-state index is 6.31. The molecule has 0 radical (unpaired) electrons. The molecule has 0 aliphatic rings. The summed E-state index contributed by atoms with van der Waals surface area (Å²) in [4.78, 5) is 0. The minimum absolute atomic E-state index is 0.129. The summed E-state index contributed by atoms with van der Waals surface area (Å²) in [7, 11) is 0. The van der Waals surface area contributed by atoms with E-state index in [0.717, 1.165) is 17.8 Å². The second-order valence-corrected chi connectivity index (χ2v) is 5.20. The summed E-state index contributed by atoms with van der Waals surface area (Å²) in [6, 6.07) is 20.5. The van der Waals surface area contributed by atoms with E-state index in [1.54, 1.807) is 0 Å². The molecule has 21 heavy (non-hydrogen) atoms. The van der Waals surface area contributed by atoms with Gasteiger partial charge in [0, 0.05) is 5.56 Å². The molecule has 4 heteroatoms. The van der Waals surface area contributed by atoms with Crippen molar-refractivity contribution in [1.82, 2.24) is 14.8 Å². The third kappa shape index (κ3) is 2.69. The van der Waals surface area contributed by atoms with Crippen molar-refractivity contribution >= 4 is 11.6 Å². The van der Waals surface area contributed by atoms with Gasteiger partial charge >= 0.3 is 0 Å². The summed E-state index contributed by atoms with van der Waals surface area (Å²) in [6.45, 7) is 2.14. The maximum atomic E-state index is 6.31. The van der Waals surface area contributed by atoms with E-state index in [-0.39, 0.29) is 6.04 Å². The van der Waals surface area contributed by atoms with E-state index in [1.807, 2.05) is 53.1 Å². The highest BCUT2D eigenvalue weighted by Crippen LogP contribution is 2.30. The fourth-order valence-corrected chi connectivity index (χ4v) is 2.81. The van der Waals surface area contributed by atoms with Gasteiger partial charge in [0.1, 0.15) is 0 Å². The molecule has 0 N–H and O–H groups in total. The molecule has 0 saturated heterocycles. The Labute approximate surface area is 129 Å². The number of aromatic nitrogens is 3. The molecular formula is C17H16ClN3. The average molecular weight is 298 g/mol. The average Bonchev–Trinajstić information content (AvgIpc) is 2.92. The molecule has 2 aromatic carbocycles. The maximum Gasteiger partial charge on any atom is 0.225 e. The molecule has 1 heterocycles. The van der Waals surface area contributed by atoms with Gasteiger partial charge in [-0.25, -0.2) is 0 Å². The summed E-state index contributed by atoms with van der Waals surface area (Å²) < 4.78 is 2.01. The van der Waals surface area contributed by atoms with E-state index in [2.05, 4.69) is 29.3 Å². The first kappa shape index (κ1) is 13.8. The first-order chi connectivity index (χ1) is 10.3. The van der Waals surface area contributed by atoms with Crippen LogP contribution in [0.15, 0.2) is 60.7 Å². The first-order valence-electron chi connectivity index (χ1n) is 7.02. The van der Waals surface area contributed by atoms with Crippen LogP contribution in [0.5, 0.6) is 0 Å². The van der Waals surface area contributed by atoms with Crippen molar-refractivity contribution in [2.24, 2.45) is 0 Å². The van der Waals surface area contributed by atoms with Crippen LogP contribution in [0.4, 0.5) is 0 Å². The quantitative estimate of drug-likeness (QED) is 0.704. The Hall–Kier alpha value is -2.13. The van der Waals surface area contributed by atoms with Gasteiger partial charge in [-0.15, -0.1) is 10.2 Å². The highest BCUT2D eigenvalue weighted by atomic mass is 35.5. The molecule has 0 bridgehead atoms. The van der Waals surface area contributed by atoms with Crippen LogP contribution in [-0.4, -0.2) is 14.8 Å². The Morgan fingerprint density at radius 3 is 2.19 bits per heavy atom. The molecular weight excluding hydrogens is 282 g/mol. The summed E-state index contributed by atoms with van der Waals surface area (Å²) in [5.41, 5.74) is 2.23. The molecule has 0 aliphatic heterocycles. The van der Waals surface area contributed by atoms with Crippen LogP contribution in [0, 0.1) is 0 Å². The fraction of sp³-hybridized carbons (Fsp3) is 0.176. The Bertz CT molecular complexity index is 707. The third-order valence-corrected chi connectivity index (χ3v) is 3.83. The smallest absolute Gasteiger partial charge is 0.225 e. The molecule has 1 atom stereocenters. The molecule has 0 amide bonds. The van der Waals surface area contributed by atoms with Crippen molar-refractivity contribution in [2.45, 2.75) is 19.4 Å². The zero-order chi connectivity index (χ0) is 14.7. The molecule has 1 unspecified atom stereocenters. The van der Waals surface area contributed by atoms with Crippen molar-refractivity contribution in [2.75, 3.05) is 0 Å². The van der Waals surface area contributed by atoms with Crippen molar-refractivity contribution < 1.29 is 0 Å². The van der Waals surface area contributed by atoms with Gasteiger partial charge in [-0.3, -0.25) is 4.57 Å². The van der Waals surface area contributed by atoms with Crippen LogP contribution < -0.4 is 0 Å². The highest BCUT2D eigenvalue weighted by Gasteiger charge is 2.20. The summed E-state index contributed by atoms with van der Waals surface area (Å²) in [6.07, 6.45) is 0.918. The standard InChI is InChI=1S/C17H16ClN3/c1-2-15(13-9-5-3-6-10-13)21-16(19-20-17(21)18)14-11-7-4-8-12-14/h3-12,15H,2H2,1H3. The number of hydrogen-bond acceptors (Lipinski definition) is 2. The Kier molecular flexibility index (Phi) is 4.02. The van der Waals surface area contributed by atoms with Gasteiger partial charge in [0.25, 0.3) is 0 Å². The van der Waals surface area contributed by atoms with Gasteiger partial charge in [0.15, 0.2) is 5.82 Å². The van der Waals surface area contributed by atoms with Crippen molar-refractivity contribution in [3.05, 3.63) is 71.5 Å². The van der Waals surface area contributed by atoms with Crippen LogP contribution in [-0.2, 0) is 0 Å². The van der Waals surface area contributed by atoms with E-state index >= 15 is 0 Å². The number of halogens is 1. The second-order valence-electron chi connectivity index (χ2n) is 4.86. The van der Waals surface area contributed by atoms with E-state index in [1.165, 1.54) is 5.56 Å². The molecule has 3 nitrogen and oxygen atoms in total. The monoisotopic (exact) mass is 297 g/mol. The van der Waals surface area contributed by atoms with Crippen LogP contribution in [0.3, 0.4) is 0 Å². The topological polar surface area (TPSA) is 30.7 Å². The lowest BCUT2D eigenvalue weighted by atomic mass is 10.0. The molecule has 3 rings (SSSR count). The zero-order valence-electron chi connectivity index (χ0n) is 11.8. The van der Waals surface area contributed by atoms with Crippen LogP contribution in [0.2, 0.25) is 5.28 Å². The number of rotatable bonds is 4. The molecule has 3 aromatic rings. The first-order valence-corrected chi connectivity index (χ1v) is 7.39. The number of nitrogens with zero attached hydrogens (tertiary/aromatic N) is 3. The third-order valence-electron chi connectivity index (χ3n) is 3.57. The van der Waals surface area contributed by atoms with Gasteiger partial charge in [-0.05, 0) is 23.6 Å². The number of hydrogen-bond donors (Lipinski definition) is 0. The summed E-state index contributed by atoms with van der Waals surface area (Å²) in [5, 5.41) is 8.75. The normalized spacial score (nSPS) is 12.3. The molecule has 0 saturated carbocycles. The predicted molar refractivity (Wildman–Crippen MR) is 85.3 cm³/mol. The highest BCUT2D eigenvalue weighted by molar-refractivity contribution is 6.28.